The number of sulfone groups is 1. The van der Waals surface area contributed by atoms with Gasteiger partial charge in [-0.05, 0) is 30.9 Å². The molecular weight excluding hydrogens is 284 g/mol. The van der Waals surface area contributed by atoms with E-state index in [1.165, 1.54) is 12.1 Å². The molecule has 108 valence electrons. The number of allylic oxidation sites excluding steroid dienone is 1. The van der Waals surface area contributed by atoms with E-state index in [2.05, 4.69) is 17.5 Å². The van der Waals surface area contributed by atoms with Crippen LogP contribution in [0.5, 0.6) is 0 Å². The molecule has 0 bridgehead atoms. The van der Waals surface area contributed by atoms with Gasteiger partial charge in [0.2, 0.25) is 9.84 Å². The van der Waals surface area contributed by atoms with Crippen molar-refractivity contribution in [2.75, 3.05) is 5.32 Å². The average Bonchev–Trinajstić information content (AvgIpc) is 2.77. The van der Waals surface area contributed by atoms with Crippen LogP contribution in [0.15, 0.2) is 41.3 Å². The molecule has 0 saturated heterocycles. The molecule has 3 rings (SSSR count). The molecule has 1 aromatic carbocycles. The second-order valence-corrected chi connectivity index (χ2v) is 7.18. The van der Waals surface area contributed by atoms with Crippen LogP contribution in [-0.4, -0.2) is 20.2 Å². The first-order chi connectivity index (χ1) is 9.50. The van der Waals surface area contributed by atoms with Gasteiger partial charge in [-0.25, -0.2) is 8.42 Å². The van der Waals surface area contributed by atoms with Crippen molar-refractivity contribution in [3.05, 3.63) is 36.4 Å². The second kappa shape index (κ2) is 4.84. The van der Waals surface area contributed by atoms with Crippen molar-refractivity contribution >= 4 is 15.5 Å². The number of para-hydroxylation sites is 1. The fourth-order valence-electron chi connectivity index (χ4n) is 3.01. The summed E-state index contributed by atoms with van der Waals surface area (Å²) in [6.45, 7) is 0. The number of hydrogen-bond donors (Lipinski definition) is 1. The van der Waals surface area contributed by atoms with E-state index < -0.39 is 15.6 Å². The van der Waals surface area contributed by atoms with Crippen LogP contribution in [0.25, 0.3) is 0 Å². The summed E-state index contributed by atoms with van der Waals surface area (Å²) in [7, 11) is -4.57. The van der Waals surface area contributed by atoms with Crippen LogP contribution < -0.4 is 5.32 Å². The summed E-state index contributed by atoms with van der Waals surface area (Å²) in [6.07, 6.45) is 6.25. The summed E-state index contributed by atoms with van der Waals surface area (Å²) in [5.41, 5.74) is 0.275. The van der Waals surface area contributed by atoms with E-state index in [4.69, 9.17) is 0 Å². The van der Waals surface area contributed by atoms with Crippen LogP contribution >= 0.6 is 0 Å². The number of nitrogens with one attached hydrogen (secondary N) is 1. The van der Waals surface area contributed by atoms with Crippen molar-refractivity contribution in [1.82, 2.24) is 0 Å². The number of fused-ring (bicyclic) bond motifs is 1. The van der Waals surface area contributed by atoms with Crippen LogP contribution in [0.1, 0.15) is 12.8 Å². The zero-order chi connectivity index (χ0) is 14.3. The third-order valence-electron chi connectivity index (χ3n) is 4.13. The van der Waals surface area contributed by atoms with E-state index in [-0.39, 0.29) is 16.6 Å². The smallest absolute Gasteiger partial charge is 0.341 e. The van der Waals surface area contributed by atoms with Crippen LogP contribution in [0.3, 0.4) is 0 Å². The largest absolute Gasteiger partial charge is 0.381 e. The van der Waals surface area contributed by atoms with Crippen LogP contribution in [0.4, 0.5) is 14.5 Å². The first-order valence-electron chi connectivity index (χ1n) is 6.54. The molecule has 3 nitrogen and oxygen atoms in total. The third-order valence-corrected chi connectivity index (χ3v) is 5.57. The molecule has 1 fully saturated rings. The van der Waals surface area contributed by atoms with E-state index in [1.807, 2.05) is 0 Å². The zero-order valence-corrected chi connectivity index (χ0v) is 11.5. The molecule has 3 unspecified atom stereocenters. The van der Waals surface area contributed by atoms with E-state index in [9.17, 15) is 17.2 Å². The highest BCUT2D eigenvalue weighted by atomic mass is 32.2. The highest BCUT2D eigenvalue weighted by Gasteiger charge is 2.41. The molecule has 0 heterocycles. The lowest BCUT2D eigenvalue weighted by Gasteiger charge is -2.41. The van der Waals surface area contributed by atoms with Gasteiger partial charge in [0.1, 0.15) is 0 Å². The Balaban J connectivity index is 1.86. The highest BCUT2D eigenvalue weighted by molar-refractivity contribution is 7.91. The topological polar surface area (TPSA) is 46.2 Å². The molecule has 2 aliphatic carbocycles. The summed E-state index contributed by atoms with van der Waals surface area (Å²) in [6, 6.07) is 6.01. The quantitative estimate of drug-likeness (QED) is 0.869. The maximum absolute atomic E-state index is 12.7. The predicted molar refractivity (Wildman–Crippen MR) is 72.4 cm³/mol. The zero-order valence-electron chi connectivity index (χ0n) is 10.7. The molecular formula is C14H15F2NO2S. The van der Waals surface area contributed by atoms with Crippen molar-refractivity contribution in [1.29, 1.82) is 0 Å². The van der Waals surface area contributed by atoms with Crippen LogP contribution in [0, 0.1) is 11.8 Å². The fraction of sp³-hybridized carbons (Fsp3) is 0.429. The molecule has 2 aliphatic rings. The monoisotopic (exact) mass is 299 g/mol. The first kappa shape index (κ1) is 13.5. The summed E-state index contributed by atoms with van der Waals surface area (Å²) in [5.74, 6) is -2.39. The summed E-state index contributed by atoms with van der Waals surface area (Å²) in [5, 5.41) is 3.12. The van der Waals surface area contributed by atoms with E-state index >= 15 is 0 Å². The maximum Gasteiger partial charge on any atom is 0.341 e. The van der Waals surface area contributed by atoms with Gasteiger partial charge in [-0.2, -0.15) is 8.78 Å². The standard InChI is InChI=1S/C14H15F2NO2S/c15-14(16)20(18,19)13-7-2-1-6-11(13)17-12-8-9-4-3-5-10(9)12/h1-3,5-7,9-10,12,14,17H,4,8H2. The minimum absolute atomic E-state index is 0.132. The molecule has 6 heteroatoms. The molecule has 0 aromatic heterocycles. The molecule has 3 atom stereocenters. The summed E-state index contributed by atoms with van der Waals surface area (Å²) >= 11 is 0. The van der Waals surface area contributed by atoms with Crippen LogP contribution in [-0.2, 0) is 9.84 Å². The molecule has 0 aliphatic heterocycles. The average molecular weight is 299 g/mol. The molecule has 0 radical (unpaired) electrons. The number of rotatable bonds is 4. The number of halogens is 2. The lowest BCUT2D eigenvalue weighted by molar-refractivity contribution is 0.217. The van der Waals surface area contributed by atoms with Gasteiger partial charge in [-0.3, -0.25) is 0 Å². The Morgan fingerprint density at radius 1 is 1.25 bits per heavy atom. The minimum atomic E-state index is -4.57. The van der Waals surface area contributed by atoms with Crippen molar-refractivity contribution in [2.24, 2.45) is 11.8 Å². The predicted octanol–water partition coefficient (Wildman–Crippen LogP) is 3.06. The second-order valence-electron chi connectivity index (χ2n) is 5.29. The highest BCUT2D eigenvalue weighted by Crippen LogP contribution is 2.44. The number of alkyl halides is 2. The van der Waals surface area contributed by atoms with Gasteiger partial charge < -0.3 is 5.32 Å². The minimum Gasteiger partial charge on any atom is -0.381 e. The third kappa shape index (κ3) is 2.12. The first-order valence-corrected chi connectivity index (χ1v) is 8.09. The lowest BCUT2D eigenvalue weighted by atomic mass is 9.71. The van der Waals surface area contributed by atoms with Gasteiger partial charge in [0.15, 0.2) is 0 Å². The molecule has 0 spiro atoms. The molecule has 20 heavy (non-hydrogen) atoms. The Morgan fingerprint density at radius 3 is 2.70 bits per heavy atom. The normalized spacial score (nSPS) is 28.2. The maximum atomic E-state index is 12.7. The van der Waals surface area contributed by atoms with Gasteiger partial charge >= 0.3 is 5.76 Å². The fourth-order valence-corrected chi connectivity index (χ4v) is 3.91. The van der Waals surface area contributed by atoms with E-state index in [0.29, 0.717) is 11.8 Å². The Hall–Kier alpha value is -1.43. The van der Waals surface area contributed by atoms with Crippen LogP contribution in [0.2, 0.25) is 0 Å². The SMILES string of the molecule is O=S(=O)(c1ccccc1NC1CC2CC=CC21)C(F)F. The molecule has 1 N–H and O–H groups in total. The molecule has 0 amide bonds. The van der Waals surface area contributed by atoms with Crippen molar-refractivity contribution in [2.45, 2.75) is 29.5 Å². The van der Waals surface area contributed by atoms with E-state index in [1.54, 1.807) is 12.1 Å². The van der Waals surface area contributed by atoms with Gasteiger partial charge in [0.25, 0.3) is 0 Å². The number of hydrogen-bond acceptors (Lipinski definition) is 3. The molecule has 1 saturated carbocycles. The molecule has 1 aromatic rings. The summed E-state index contributed by atoms with van der Waals surface area (Å²) in [4.78, 5) is -0.319. The Labute approximate surface area is 116 Å². The number of anilines is 1. The van der Waals surface area contributed by atoms with Crippen molar-refractivity contribution < 1.29 is 17.2 Å². The van der Waals surface area contributed by atoms with Crippen molar-refractivity contribution in [3.8, 4) is 0 Å². The lowest BCUT2D eigenvalue weighted by Crippen LogP contribution is -2.43. The number of benzene rings is 1. The Morgan fingerprint density at radius 2 is 2.00 bits per heavy atom. The Bertz CT molecular complexity index is 642. The summed E-state index contributed by atoms with van der Waals surface area (Å²) < 4.78 is 48.7. The van der Waals surface area contributed by atoms with E-state index in [0.717, 1.165) is 12.8 Å². The van der Waals surface area contributed by atoms with Gasteiger partial charge in [0.05, 0.1) is 10.6 Å². The van der Waals surface area contributed by atoms with Gasteiger partial charge in [0, 0.05) is 12.0 Å². The van der Waals surface area contributed by atoms with Crippen molar-refractivity contribution in [3.63, 3.8) is 0 Å². The Kier molecular flexibility index (Phi) is 3.28. The van der Waals surface area contributed by atoms with Gasteiger partial charge in [-0.15, -0.1) is 0 Å². The van der Waals surface area contributed by atoms with Gasteiger partial charge in [-0.1, -0.05) is 24.3 Å².